The largest absolute Gasteiger partial charge is 0.441 e. The van der Waals surface area contributed by atoms with Crippen LogP contribution in [-0.2, 0) is 19.4 Å². The van der Waals surface area contributed by atoms with Crippen molar-refractivity contribution in [1.29, 1.82) is 0 Å². The molecule has 0 spiro atoms. The quantitative estimate of drug-likeness (QED) is 0.328. The summed E-state index contributed by atoms with van der Waals surface area (Å²) >= 11 is 6.08. The number of benzene rings is 2. The summed E-state index contributed by atoms with van der Waals surface area (Å²) in [5.74, 6) is 0.711. The summed E-state index contributed by atoms with van der Waals surface area (Å²) in [6.45, 7) is 0.591. The zero-order valence-electron chi connectivity index (χ0n) is 18.4. The number of halogens is 1. The van der Waals surface area contributed by atoms with Crippen molar-refractivity contribution in [3.05, 3.63) is 94.6 Å². The average molecular weight is 460 g/mol. The van der Waals surface area contributed by atoms with Gasteiger partial charge < -0.3 is 9.32 Å². The molecule has 6 heteroatoms. The van der Waals surface area contributed by atoms with E-state index in [1.807, 2.05) is 59.5 Å². The number of rotatable bonds is 7. The summed E-state index contributed by atoms with van der Waals surface area (Å²) in [5.41, 5.74) is 4.31. The van der Waals surface area contributed by atoms with Gasteiger partial charge in [0.05, 0.1) is 0 Å². The Hall–Kier alpha value is -3.18. The van der Waals surface area contributed by atoms with E-state index in [1.165, 1.54) is 12.8 Å². The second-order valence-corrected chi connectivity index (χ2v) is 9.08. The van der Waals surface area contributed by atoms with Crippen molar-refractivity contribution < 1.29 is 9.21 Å². The first-order valence-corrected chi connectivity index (χ1v) is 11.9. The van der Waals surface area contributed by atoms with Crippen molar-refractivity contribution in [3.63, 3.8) is 0 Å². The van der Waals surface area contributed by atoms with Gasteiger partial charge in [0.15, 0.2) is 11.5 Å². The highest BCUT2D eigenvalue weighted by atomic mass is 35.5. The molecule has 0 unspecified atom stereocenters. The highest BCUT2D eigenvalue weighted by molar-refractivity contribution is 6.30. The molecule has 4 aromatic rings. The number of pyridine rings is 1. The van der Waals surface area contributed by atoms with Crippen LogP contribution in [0, 0.1) is 0 Å². The van der Waals surface area contributed by atoms with Crippen molar-refractivity contribution in [1.82, 2.24) is 14.9 Å². The predicted molar refractivity (Wildman–Crippen MR) is 129 cm³/mol. The molecule has 5 nitrogen and oxygen atoms in total. The molecule has 0 saturated heterocycles. The molecule has 1 fully saturated rings. The van der Waals surface area contributed by atoms with E-state index >= 15 is 0 Å². The molecule has 2 heterocycles. The SMILES string of the molecule is O=C(c1ccc2oc(CCc3cccc(Cl)c3)nc2c1)N(Cc1ccncc1)C1CCCC1. The summed E-state index contributed by atoms with van der Waals surface area (Å²) < 4.78 is 5.93. The lowest BCUT2D eigenvalue weighted by Gasteiger charge is -2.29. The minimum absolute atomic E-state index is 0.0455. The number of oxazole rings is 1. The van der Waals surface area contributed by atoms with Crippen LogP contribution in [-0.4, -0.2) is 26.8 Å². The standard InChI is InChI=1S/C27H26ClN3O2/c28-22-5-3-4-19(16-22)8-11-26-30-24-17-21(9-10-25(24)33-26)27(32)31(23-6-1-2-7-23)18-20-12-14-29-15-13-20/h3-5,9-10,12-17,23H,1-2,6-8,11,18H2. The Bertz CT molecular complexity index is 1250. The number of hydrogen-bond donors (Lipinski definition) is 0. The topological polar surface area (TPSA) is 59.2 Å². The Labute approximate surface area is 198 Å². The van der Waals surface area contributed by atoms with Gasteiger partial charge in [-0.25, -0.2) is 4.98 Å². The zero-order valence-corrected chi connectivity index (χ0v) is 19.2. The first-order chi connectivity index (χ1) is 16.2. The number of hydrogen-bond acceptors (Lipinski definition) is 4. The lowest BCUT2D eigenvalue weighted by Crippen LogP contribution is -2.38. The van der Waals surface area contributed by atoms with Crippen LogP contribution < -0.4 is 0 Å². The van der Waals surface area contributed by atoms with Crippen molar-refractivity contribution >= 4 is 28.6 Å². The van der Waals surface area contributed by atoms with Crippen LogP contribution in [0.15, 0.2) is 71.4 Å². The lowest BCUT2D eigenvalue weighted by molar-refractivity contribution is 0.0664. The van der Waals surface area contributed by atoms with Crippen LogP contribution in [0.1, 0.15) is 53.1 Å². The molecule has 1 saturated carbocycles. The molecule has 0 aliphatic heterocycles. The predicted octanol–water partition coefficient (Wildman–Crippen LogP) is 6.25. The third-order valence-electron chi connectivity index (χ3n) is 6.32. The van der Waals surface area contributed by atoms with Crippen LogP contribution in [0.2, 0.25) is 5.02 Å². The molecule has 0 atom stereocenters. The molecule has 1 aliphatic rings. The van der Waals surface area contributed by atoms with Crippen molar-refractivity contribution in [2.75, 3.05) is 0 Å². The second-order valence-electron chi connectivity index (χ2n) is 8.65. The van der Waals surface area contributed by atoms with Gasteiger partial charge in [0.2, 0.25) is 0 Å². The minimum atomic E-state index is 0.0455. The van der Waals surface area contributed by atoms with Crippen LogP contribution in [0.4, 0.5) is 0 Å². The molecule has 0 N–H and O–H groups in total. The maximum absolute atomic E-state index is 13.6. The minimum Gasteiger partial charge on any atom is -0.441 e. The molecule has 33 heavy (non-hydrogen) atoms. The summed E-state index contributed by atoms with van der Waals surface area (Å²) in [4.78, 5) is 24.3. The molecule has 168 valence electrons. The zero-order chi connectivity index (χ0) is 22.6. The van der Waals surface area contributed by atoms with E-state index in [0.717, 1.165) is 40.9 Å². The summed E-state index contributed by atoms with van der Waals surface area (Å²) in [7, 11) is 0. The highest BCUT2D eigenvalue weighted by Crippen LogP contribution is 2.28. The number of carbonyl (C=O) groups is 1. The molecule has 2 aromatic carbocycles. The van der Waals surface area contributed by atoms with E-state index in [9.17, 15) is 4.79 Å². The number of carbonyl (C=O) groups excluding carboxylic acids is 1. The first-order valence-electron chi connectivity index (χ1n) is 11.5. The van der Waals surface area contributed by atoms with E-state index in [0.29, 0.717) is 30.0 Å². The van der Waals surface area contributed by atoms with Crippen molar-refractivity contribution in [2.24, 2.45) is 0 Å². The van der Waals surface area contributed by atoms with Crippen LogP contribution >= 0.6 is 11.6 Å². The number of amides is 1. The Morgan fingerprint density at radius 3 is 2.61 bits per heavy atom. The highest BCUT2D eigenvalue weighted by Gasteiger charge is 2.28. The fourth-order valence-corrected chi connectivity index (χ4v) is 4.81. The normalized spacial score (nSPS) is 14.1. The summed E-state index contributed by atoms with van der Waals surface area (Å²) in [6, 6.07) is 17.6. The second kappa shape index (κ2) is 9.75. The molecule has 1 amide bonds. The maximum atomic E-state index is 13.6. The van der Waals surface area contributed by atoms with Gasteiger partial charge in [0.25, 0.3) is 5.91 Å². The van der Waals surface area contributed by atoms with Gasteiger partial charge in [-0.15, -0.1) is 0 Å². The third kappa shape index (κ3) is 5.09. The van der Waals surface area contributed by atoms with Crippen LogP contribution in [0.5, 0.6) is 0 Å². The smallest absolute Gasteiger partial charge is 0.254 e. The average Bonchev–Trinajstić information content (AvgIpc) is 3.51. The van der Waals surface area contributed by atoms with Gasteiger partial charge in [-0.3, -0.25) is 9.78 Å². The van der Waals surface area contributed by atoms with Crippen LogP contribution in [0.25, 0.3) is 11.1 Å². The summed E-state index contributed by atoms with van der Waals surface area (Å²) in [6.07, 6.45) is 9.46. The molecule has 0 bridgehead atoms. The van der Waals surface area contributed by atoms with Crippen molar-refractivity contribution in [2.45, 2.75) is 51.1 Å². The Kier molecular flexibility index (Phi) is 6.40. The van der Waals surface area contributed by atoms with Crippen LogP contribution in [0.3, 0.4) is 0 Å². The van der Waals surface area contributed by atoms with Gasteiger partial charge >= 0.3 is 0 Å². The van der Waals surface area contributed by atoms with Gasteiger partial charge in [0.1, 0.15) is 5.52 Å². The van der Waals surface area contributed by atoms with Gasteiger partial charge in [0, 0.05) is 42.0 Å². The molecule has 1 aliphatic carbocycles. The fraction of sp³-hybridized carbons (Fsp3) is 0.296. The van der Waals surface area contributed by atoms with E-state index < -0.39 is 0 Å². The van der Waals surface area contributed by atoms with E-state index in [1.54, 1.807) is 12.4 Å². The lowest BCUT2D eigenvalue weighted by atomic mass is 10.1. The molecule has 0 radical (unpaired) electrons. The fourth-order valence-electron chi connectivity index (χ4n) is 4.59. The molecule has 2 aromatic heterocycles. The van der Waals surface area contributed by atoms with Gasteiger partial charge in [-0.1, -0.05) is 36.6 Å². The van der Waals surface area contributed by atoms with E-state index in [-0.39, 0.29) is 11.9 Å². The van der Waals surface area contributed by atoms with E-state index in [2.05, 4.69) is 9.97 Å². The van der Waals surface area contributed by atoms with Crippen molar-refractivity contribution in [3.8, 4) is 0 Å². The third-order valence-corrected chi connectivity index (χ3v) is 6.56. The molecular formula is C27H26ClN3O2. The molecule has 5 rings (SSSR count). The van der Waals surface area contributed by atoms with Gasteiger partial charge in [-0.2, -0.15) is 0 Å². The number of nitrogens with zero attached hydrogens (tertiary/aromatic N) is 3. The monoisotopic (exact) mass is 459 g/mol. The van der Waals surface area contributed by atoms with E-state index in [4.69, 9.17) is 16.0 Å². The maximum Gasteiger partial charge on any atom is 0.254 e. The number of aryl methyl sites for hydroxylation is 2. The first kappa shape index (κ1) is 21.7. The summed E-state index contributed by atoms with van der Waals surface area (Å²) in [5, 5.41) is 0.729. The Morgan fingerprint density at radius 1 is 1.00 bits per heavy atom. The number of fused-ring (bicyclic) bond motifs is 1. The molecular weight excluding hydrogens is 434 g/mol. The Balaban J connectivity index is 1.35. The Morgan fingerprint density at radius 2 is 1.82 bits per heavy atom. The number of aromatic nitrogens is 2. The van der Waals surface area contributed by atoms with Gasteiger partial charge in [-0.05, 0) is 72.9 Å².